The molecular formula is C27H22FNO4. The summed E-state index contributed by atoms with van der Waals surface area (Å²) in [5.41, 5.74) is 2.13. The lowest BCUT2D eigenvalue weighted by molar-refractivity contribution is -0.145. The normalized spacial score (nSPS) is 11.7. The van der Waals surface area contributed by atoms with Crippen LogP contribution in [-0.2, 0) is 4.79 Å². The highest BCUT2D eigenvalue weighted by molar-refractivity contribution is 6.14. The Labute approximate surface area is 190 Å². The maximum atomic E-state index is 14.5. The maximum absolute atomic E-state index is 14.5. The first-order chi connectivity index (χ1) is 16.0. The van der Waals surface area contributed by atoms with Crippen molar-refractivity contribution in [3.8, 4) is 16.9 Å². The first-order valence-corrected chi connectivity index (χ1v) is 10.5. The molecule has 0 radical (unpaired) electrons. The number of rotatable bonds is 7. The summed E-state index contributed by atoms with van der Waals surface area (Å²) in [6.07, 6.45) is -0.822. The second-order valence-electron chi connectivity index (χ2n) is 7.56. The highest BCUT2D eigenvalue weighted by atomic mass is 19.1. The smallest absolute Gasteiger partial charge is 0.344 e. The summed E-state index contributed by atoms with van der Waals surface area (Å²) >= 11 is 0. The fraction of sp³-hybridized carbons (Fsp3) is 0.111. The molecule has 0 fully saturated rings. The van der Waals surface area contributed by atoms with Crippen LogP contribution >= 0.6 is 0 Å². The van der Waals surface area contributed by atoms with E-state index in [1.54, 1.807) is 13.0 Å². The molecule has 33 heavy (non-hydrogen) atoms. The summed E-state index contributed by atoms with van der Waals surface area (Å²) in [5.74, 6) is -2.09. The third kappa shape index (κ3) is 4.85. The largest absolute Gasteiger partial charge is 0.479 e. The number of nitrogens with one attached hydrogen (secondary N) is 1. The van der Waals surface area contributed by atoms with Gasteiger partial charge in [-0.1, -0.05) is 61.5 Å². The Balaban J connectivity index is 1.70. The van der Waals surface area contributed by atoms with E-state index in [1.807, 2.05) is 60.7 Å². The van der Waals surface area contributed by atoms with Gasteiger partial charge in [-0.15, -0.1) is 0 Å². The highest BCUT2D eigenvalue weighted by Crippen LogP contribution is 2.29. The Morgan fingerprint density at radius 3 is 2.39 bits per heavy atom. The van der Waals surface area contributed by atoms with Gasteiger partial charge in [-0.2, -0.15) is 0 Å². The van der Waals surface area contributed by atoms with Crippen molar-refractivity contribution in [1.82, 2.24) is 0 Å². The van der Waals surface area contributed by atoms with Gasteiger partial charge in [-0.05, 0) is 52.6 Å². The van der Waals surface area contributed by atoms with Gasteiger partial charge in [0, 0.05) is 11.6 Å². The van der Waals surface area contributed by atoms with Crippen molar-refractivity contribution in [1.29, 1.82) is 0 Å². The zero-order valence-corrected chi connectivity index (χ0v) is 17.9. The molecule has 1 atom stereocenters. The second kappa shape index (κ2) is 9.53. The summed E-state index contributed by atoms with van der Waals surface area (Å²) in [6.45, 7) is 1.68. The number of carboxylic acids is 1. The van der Waals surface area contributed by atoms with Crippen LogP contribution in [0.15, 0.2) is 84.9 Å². The number of halogens is 1. The fourth-order valence-electron chi connectivity index (χ4n) is 3.63. The summed E-state index contributed by atoms with van der Waals surface area (Å²) in [4.78, 5) is 24.5. The molecule has 2 N–H and O–H groups in total. The van der Waals surface area contributed by atoms with Crippen molar-refractivity contribution in [3.63, 3.8) is 0 Å². The van der Waals surface area contributed by atoms with E-state index < -0.39 is 23.8 Å². The van der Waals surface area contributed by atoms with Gasteiger partial charge in [0.1, 0.15) is 11.6 Å². The Kier molecular flexibility index (Phi) is 6.36. The molecule has 0 bridgehead atoms. The molecule has 0 spiro atoms. The molecule has 4 aromatic carbocycles. The lowest BCUT2D eigenvalue weighted by atomic mass is 9.96. The van der Waals surface area contributed by atoms with E-state index in [4.69, 9.17) is 4.74 Å². The van der Waals surface area contributed by atoms with E-state index in [-0.39, 0.29) is 17.9 Å². The van der Waals surface area contributed by atoms with Gasteiger partial charge >= 0.3 is 5.97 Å². The average Bonchev–Trinajstić information content (AvgIpc) is 2.84. The van der Waals surface area contributed by atoms with Gasteiger partial charge < -0.3 is 15.2 Å². The Morgan fingerprint density at radius 2 is 1.67 bits per heavy atom. The molecular weight excluding hydrogens is 421 g/mol. The molecule has 4 aromatic rings. The molecule has 5 nitrogen and oxygen atoms in total. The first-order valence-electron chi connectivity index (χ1n) is 10.5. The van der Waals surface area contributed by atoms with Gasteiger partial charge in [-0.25, -0.2) is 9.18 Å². The number of hydrogen-bond acceptors (Lipinski definition) is 3. The minimum Gasteiger partial charge on any atom is -0.479 e. The van der Waals surface area contributed by atoms with Crippen LogP contribution in [0.2, 0.25) is 0 Å². The number of carbonyl (C=O) groups is 2. The average molecular weight is 443 g/mol. The predicted molar refractivity (Wildman–Crippen MR) is 126 cm³/mol. The van der Waals surface area contributed by atoms with Gasteiger partial charge in [0.2, 0.25) is 0 Å². The number of aliphatic carboxylic acids is 1. The zero-order valence-electron chi connectivity index (χ0n) is 17.9. The van der Waals surface area contributed by atoms with E-state index >= 15 is 0 Å². The van der Waals surface area contributed by atoms with Crippen LogP contribution in [0.25, 0.3) is 21.9 Å². The molecule has 1 amide bonds. The van der Waals surface area contributed by atoms with E-state index in [2.05, 4.69) is 5.32 Å². The van der Waals surface area contributed by atoms with Gasteiger partial charge in [-0.3, -0.25) is 4.79 Å². The van der Waals surface area contributed by atoms with Crippen molar-refractivity contribution < 1.29 is 23.8 Å². The lowest BCUT2D eigenvalue weighted by Crippen LogP contribution is -2.26. The zero-order chi connectivity index (χ0) is 23.4. The molecule has 0 aliphatic rings. The summed E-state index contributed by atoms with van der Waals surface area (Å²) in [5, 5.41) is 13.4. The lowest BCUT2D eigenvalue weighted by Gasteiger charge is -2.15. The third-order valence-electron chi connectivity index (χ3n) is 5.32. The second-order valence-corrected chi connectivity index (χ2v) is 7.56. The van der Waals surface area contributed by atoms with Crippen LogP contribution in [-0.4, -0.2) is 23.1 Å². The Bertz CT molecular complexity index is 1320. The summed E-state index contributed by atoms with van der Waals surface area (Å²) < 4.78 is 19.9. The van der Waals surface area contributed by atoms with Gasteiger partial charge in [0.25, 0.3) is 5.91 Å². The van der Waals surface area contributed by atoms with E-state index in [1.165, 1.54) is 12.1 Å². The molecule has 0 heterocycles. The number of benzene rings is 4. The minimum absolute atomic E-state index is 0.0908. The molecule has 0 aliphatic carbocycles. The highest BCUT2D eigenvalue weighted by Gasteiger charge is 2.19. The van der Waals surface area contributed by atoms with Crippen LogP contribution in [0.5, 0.6) is 5.75 Å². The monoisotopic (exact) mass is 443 g/mol. The van der Waals surface area contributed by atoms with E-state index in [0.717, 1.165) is 28.0 Å². The fourth-order valence-corrected chi connectivity index (χ4v) is 3.63. The molecule has 4 rings (SSSR count). The number of amides is 1. The SMILES string of the molecule is CCC(Oc1ccc(F)c(NC(=O)c2cc(-c3ccccc3)cc3ccccc23)c1)C(=O)O. The Morgan fingerprint density at radius 1 is 0.939 bits per heavy atom. The molecule has 0 saturated heterocycles. The number of carbonyl (C=O) groups excluding carboxylic acids is 1. The molecule has 0 saturated carbocycles. The molecule has 6 heteroatoms. The number of carboxylic acid groups (broad SMARTS) is 1. The van der Waals surface area contributed by atoms with Crippen molar-refractivity contribution in [3.05, 3.63) is 96.3 Å². The van der Waals surface area contributed by atoms with Crippen LogP contribution in [0.3, 0.4) is 0 Å². The molecule has 0 aliphatic heterocycles. The minimum atomic E-state index is -1.11. The van der Waals surface area contributed by atoms with Crippen LogP contribution in [0.4, 0.5) is 10.1 Å². The molecule has 0 aromatic heterocycles. The van der Waals surface area contributed by atoms with E-state index in [9.17, 15) is 19.1 Å². The summed E-state index contributed by atoms with van der Waals surface area (Å²) in [7, 11) is 0. The number of hydrogen-bond donors (Lipinski definition) is 2. The van der Waals surface area contributed by atoms with Crippen LogP contribution < -0.4 is 10.1 Å². The van der Waals surface area contributed by atoms with Crippen molar-refractivity contribution >= 4 is 28.3 Å². The molecule has 166 valence electrons. The van der Waals surface area contributed by atoms with Crippen LogP contribution in [0, 0.1) is 5.82 Å². The van der Waals surface area contributed by atoms with Crippen LogP contribution in [0.1, 0.15) is 23.7 Å². The first kappa shape index (κ1) is 22.0. The summed E-state index contributed by atoms with van der Waals surface area (Å²) in [6, 6.07) is 24.7. The van der Waals surface area contributed by atoms with Gasteiger partial charge in [0.15, 0.2) is 6.10 Å². The predicted octanol–water partition coefficient (Wildman–Crippen LogP) is 6.14. The molecule has 1 unspecified atom stereocenters. The number of anilines is 1. The van der Waals surface area contributed by atoms with Gasteiger partial charge in [0.05, 0.1) is 5.69 Å². The standard InChI is InChI=1S/C27H22FNO4/c1-2-25(27(31)32)33-20-12-13-23(28)24(16-20)29-26(30)22-15-19(17-8-4-3-5-9-17)14-18-10-6-7-11-21(18)22/h3-16,25H,2H2,1H3,(H,29,30)(H,31,32). The quantitative estimate of drug-likeness (QED) is 0.360. The Hall–Kier alpha value is -4.19. The number of fused-ring (bicyclic) bond motifs is 1. The third-order valence-corrected chi connectivity index (χ3v) is 5.32. The topological polar surface area (TPSA) is 75.6 Å². The van der Waals surface area contributed by atoms with Crippen molar-refractivity contribution in [2.75, 3.05) is 5.32 Å². The number of ether oxygens (including phenoxy) is 1. The van der Waals surface area contributed by atoms with Crippen molar-refractivity contribution in [2.45, 2.75) is 19.4 Å². The maximum Gasteiger partial charge on any atom is 0.344 e. The van der Waals surface area contributed by atoms with Crippen molar-refractivity contribution in [2.24, 2.45) is 0 Å². The van der Waals surface area contributed by atoms with E-state index in [0.29, 0.717) is 5.56 Å².